The van der Waals surface area contributed by atoms with Crippen molar-refractivity contribution in [2.24, 2.45) is 5.73 Å². The fourth-order valence-corrected chi connectivity index (χ4v) is 1.15. The number of nitrogens with two attached hydrogens (primary N) is 1. The van der Waals surface area contributed by atoms with Crippen molar-refractivity contribution in [3.8, 4) is 0 Å². The fraction of sp³-hybridized carbons (Fsp3) is 0.250. The Bertz CT molecular complexity index is 477. The van der Waals surface area contributed by atoms with E-state index in [-0.39, 0.29) is 6.54 Å². The van der Waals surface area contributed by atoms with Gasteiger partial charge in [-0.2, -0.15) is 0 Å². The quantitative estimate of drug-likeness (QED) is 0.539. The molecule has 0 spiro atoms. The average molecular weight is 211 g/mol. The molecule has 0 aliphatic carbocycles. The first kappa shape index (κ1) is 10.9. The van der Waals surface area contributed by atoms with Crippen LogP contribution in [-0.4, -0.2) is 15.4 Å². The second kappa shape index (κ2) is 3.91. The third-order valence-electron chi connectivity index (χ3n) is 1.88. The third-order valence-corrected chi connectivity index (χ3v) is 1.88. The van der Waals surface area contributed by atoms with Gasteiger partial charge in [0, 0.05) is 11.8 Å². The Morgan fingerprint density at radius 3 is 2.67 bits per heavy atom. The number of rotatable bonds is 3. The molecule has 0 bridgehead atoms. The Balaban J connectivity index is 3.37. The zero-order valence-electron chi connectivity index (χ0n) is 7.97. The third kappa shape index (κ3) is 2.19. The smallest absolute Gasteiger partial charge is 0.334 e. The van der Waals surface area contributed by atoms with Gasteiger partial charge in [-0.05, 0) is 13.0 Å². The number of pyridine rings is 1. The molecule has 80 valence electrons. The molecule has 15 heavy (non-hydrogen) atoms. The van der Waals surface area contributed by atoms with Gasteiger partial charge >= 0.3 is 11.2 Å². The second-order valence-electron chi connectivity index (χ2n) is 2.97. The summed E-state index contributed by atoms with van der Waals surface area (Å²) in [5.41, 5.74) is 3.98. The molecule has 7 nitrogen and oxygen atoms in total. The summed E-state index contributed by atoms with van der Waals surface area (Å²) < 4.78 is 0.973. The summed E-state index contributed by atoms with van der Waals surface area (Å²) >= 11 is 0. The van der Waals surface area contributed by atoms with E-state index in [1.54, 1.807) is 6.92 Å². The minimum absolute atomic E-state index is 0.355. The van der Waals surface area contributed by atoms with Crippen molar-refractivity contribution >= 4 is 11.6 Å². The van der Waals surface area contributed by atoms with Crippen LogP contribution in [0.4, 0.5) is 5.69 Å². The first-order valence-corrected chi connectivity index (χ1v) is 4.06. The summed E-state index contributed by atoms with van der Waals surface area (Å²) in [6.45, 7) is 1.21. The van der Waals surface area contributed by atoms with Crippen molar-refractivity contribution in [1.29, 1.82) is 0 Å². The number of primary amides is 1. The van der Waals surface area contributed by atoms with Gasteiger partial charge in [-0.3, -0.25) is 24.3 Å². The molecule has 0 radical (unpaired) electrons. The molecule has 2 N–H and O–H groups in total. The minimum atomic E-state index is -0.821. The predicted molar refractivity (Wildman–Crippen MR) is 51.3 cm³/mol. The molecular weight excluding hydrogens is 202 g/mol. The lowest BCUT2D eigenvalue weighted by Gasteiger charge is -2.06. The molecule has 1 rings (SSSR count). The zero-order valence-corrected chi connectivity index (χ0v) is 7.97. The monoisotopic (exact) mass is 211 g/mol. The number of carbonyl (C=O) groups excluding carboxylic acids is 1. The highest BCUT2D eigenvalue weighted by atomic mass is 16.6. The molecule has 0 fully saturated rings. The van der Waals surface area contributed by atoms with Crippen LogP contribution in [0.2, 0.25) is 0 Å². The topological polar surface area (TPSA) is 108 Å². The van der Waals surface area contributed by atoms with Crippen molar-refractivity contribution < 1.29 is 9.72 Å². The SMILES string of the molecule is Cc1ccc([N+](=O)[O-])c(=O)n1CC(N)=O. The van der Waals surface area contributed by atoms with Crippen LogP contribution >= 0.6 is 0 Å². The van der Waals surface area contributed by atoms with Crippen LogP contribution in [0.3, 0.4) is 0 Å². The number of hydrogen-bond acceptors (Lipinski definition) is 4. The van der Waals surface area contributed by atoms with Crippen LogP contribution < -0.4 is 11.3 Å². The van der Waals surface area contributed by atoms with Crippen LogP contribution in [0.1, 0.15) is 5.69 Å². The summed E-state index contributed by atoms with van der Waals surface area (Å²) in [5.74, 6) is -0.722. The molecule has 0 aliphatic rings. The van der Waals surface area contributed by atoms with Crippen molar-refractivity contribution in [2.75, 3.05) is 0 Å². The van der Waals surface area contributed by atoms with Crippen LogP contribution in [0.25, 0.3) is 0 Å². The number of nitro groups is 1. The zero-order chi connectivity index (χ0) is 11.6. The lowest BCUT2D eigenvalue weighted by atomic mass is 10.3. The van der Waals surface area contributed by atoms with Gasteiger partial charge in [-0.1, -0.05) is 0 Å². The molecule has 1 heterocycles. The average Bonchev–Trinajstić information content (AvgIpc) is 2.11. The van der Waals surface area contributed by atoms with E-state index in [1.807, 2.05) is 0 Å². The maximum atomic E-state index is 11.5. The molecular formula is C8H9N3O4. The number of hydrogen-bond donors (Lipinski definition) is 1. The highest BCUT2D eigenvalue weighted by molar-refractivity contribution is 5.73. The molecule has 1 aromatic rings. The van der Waals surface area contributed by atoms with E-state index >= 15 is 0 Å². The lowest BCUT2D eigenvalue weighted by Crippen LogP contribution is -2.30. The molecule has 0 saturated carbocycles. The molecule has 0 atom stereocenters. The van der Waals surface area contributed by atoms with Gasteiger partial charge in [0.05, 0.1) is 4.92 Å². The van der Waals surface area contributed by atoms with E-state index in [9.17, 15) is 19.7 Å². The number of carbonyl (C=O) groups is 1. The maximum absolute atomic E-state index is 11.5. The molecule has 1 amide bonds. The normalized spacial score (nSPS) is 9.93. The van der Waals surface area contributed by atoms with Crippen molar-refractivity contribution in [1.82, 2.24) is 4.57 Å². The molecule has 0 aliphatic heterocycles. The molecule has 7 heteroatoms. The van der Waals surface area contributed by atoms with E-state index < -0.39 is 22.1 Å². The van der Waals surface area contributed by atoms with E-state index in [4.69, 9.17) is 5.73 Å². The first-order chi connectivity index (χ1) is 6.93. The first-order valence-electron chi connectivity index (χ1n) is 4.06. The summed E-state index contributed by atoms with van der Waals surface area (Å²) in [7, 11) is 0. The van der Waals surface area contributed by atoms with Gasteiger partial charge in [-0.15, -0.1) is 0 Å². The van der Waals surface area contributed by atoms with Gasteiger partial charge in [0.1, 0.15) is 6.54 Å². The number of nitrogens with zero attached hydrogens (tertiary/aromatic N) is 2. The standard InChI is InChI=1S/C8H9N3O4/c1-5-2-3-6(11(14)15)8(13)10(5)4-7(9)12/h2-3H,4H2,1H3,(H2,9,12). The number of aromatic nitrogens is 1. The van der Waals surface area contributed by atoms with Gasteiger partial charge in [0.2, 0.25) is 5.91 Å². The van der Waals surface area contributed by atoms with Crippen LogP contribution in [0, 0.1) is 17.0 Å². The summed E-state index contributed by atoms with van der Waals surface area (Å²) in [5, 5.41) is 10.4. The van der Waals surface area contributed by atoms with Gasteiger partial charge < -0.3 is 5.73 Å². The Morgan fingerprint density at radius 1 is 1.60 bits per heavy atom. The highest BCUT2D eigenvalue weighted by Crippen LogP contribution is 2.05. The summed E-state index contributed by atoms with van der Waals surface area (Å²) in [6, 6.07) is 2.50. The molecule has 0 aromatic carbocycles. The van der Waals surface area contributed by atoms with Crippen molar-refractivity contribution in [2.45, 2.75) is 13.5 Å². The van der Waals surface area contributed by atoms with Gasteiger partial charge in [0.25, 0.3) is 0 Å². The van der Waals surface area contributed by atoms with Crippen LogP contribution in [0.5, 0.6) is 0 Å². The second-order valence-corrected chi connectivity index (χ2v) is 2.97. The van der Waals surface area contributed by atoms with E-state index in [0.29, 0.717) is 5.69 Å². The van der Waals surface area contributed by atoms with Crippen LogP contribution in [0.15, 0.2) is 16.9 Å². The van der Waals surface area contributed by atoms with E-state index in [1.165, 1.54) is 6.07 Å². The molecule has 1 aromatic heterocycles. The van der Waals surface area contributed by atoms with Crippen molar-refractivity contribution in [3.05, 3.63) is 38.3 Å². The Labute approximate surface area is 84.3 Å². The van der Waals surface area contributed by atoms with Gasteiger partial charge in [0.15, 0.2) is 0 Å². The molecule has 0 unspecified atom stereocenters. The number of amides is 1. The maximum Gasteiger partial charge on any atom is 0.334 e. The Kier molecular flexibility index (Phi) is 2.84. The van der Waals surface area contributed by atoms with Crippen molar-refractivity contribution in [3.63, 3.8) is 0 Å². The predicted octanol–water partition coefficient (Wildman–Crippen LogP) is -0.450. The minimum Gasteiger partial charge on any atom is -0.368 e. The fourth-order valence-electron chi connectivity index (χ4n) is 1.15. The van der Waals surface area contributed by atoms with Crippen LogP contribution in [-0.2, 0) is 11.3 Å². The Hall–Kier alpha value is -2.18. The summed E-state index contributed by atoms with van der Waals surface area (Å²) in [4.78, 5) is 31.8. The van der Waals surface area contributed by atoms with Gasteiger partial charge in [-0.25, -0.2) is 0 Å². The van der Waals surface area contributed by atoms with E-state index in [2.05, 4.69) is 0 Å². The Morgan fingerprint density at radius 2 is 2.20 bits per heavy atom. The molecule has 0 saturated heterocycles. The largest absolute Gasteiger partial charge is 0.368 e. The van der Waals surface area contributed by atoms with E-state index in [0.717, 1.165) is 10.6 Å². The lowest BCUT2D eigenvalue weighted by molar-refractivity contribution is -0.386. The number of aryl methyl sites for hydroxylation is 1. The highest BCUT2D eigenvalue weighted by Gasteiger charge is 2.16. The summed E-state index contributed by atoms with van der Waals surface area (Å²) in [6.07, 6.45) is 0.